The molecule has 0 amide bonds. The first-order valence-corrected chi connectivity index (χ1v) is 8.02. The van der Waals surface area contributed by atoms with E-state index in [0.29, 0.717) is 6.04 Å². The number of nitrogens with zero attached hydrogens (tertiary/aromatic N) is 2. The molecule has 2 aliphatic rings. The second-order valence-electron chi connectivity index (χ2n) is 6.10. The van der Waals surface area contributed by atoms with Crippen LogP contribution in [-0.2, 0) is 16.0 Å². The van der Waals surface area contributed by atoms with Gasteiger partial charge in [0.15, 0.2) is 0 Å². The van der Waals surface area contributed by atoms with Crippen LogP contribution < -0.4 is 5.32 Å². The Hall–Kier alpha value is -1.56. The Labute approximate surface area is 130 Å². The maximum Gasteiger partial charge on any atom is 0.0890 e. The molecule has 1 aromatic carbocycles. The number of para-hydroxylation sites is 2. The van der Waals surface area contributed by atoms with Crippen LogP contribution in [0.15, 0.2) is 30.5 Å². The van der Waals surface area contributed by atoms with Crippen LogP contribution in [0, 0.1) is 0 Å². The van der Waals surface area contributed by atoms with E-state index in [9.17, 15) is 0 Å². The van der Waals surface area contributed by atoms with Crippen LogP contribution in [0.4, 0.5) is 0 Å². The van der Waals surface area contributed by atoms with Gasteiger partial charge in [-0.25, -0.2) is 4.98 Å². The van der Waals surface area contributed by atoms with E-state index < -0.39 is 0 Å². The lowest BCUT2D eigenvalue weighted by molar-refractivity contribution is -0.0886. The molecule has 5 heteroatoms. The van der Waals surface area contributed by atoms with Crippen molar-refractivity contribution in [1.29, 1.82) is 0 Å². The fourth-order valence-corrected chi connectivity index (χ4v) is 3.55. The zero-order valence-electron chi connectivity index (χ0n) is 12.6. The SMILES string of the molecule is c1ccc2nc(CNC3CCOC34CCOCC4)cnc2c1. The highest BCUT2D eigenvalue weighted by Gasteiger charge is 2.44. The monoisotopic (exact) mass is 299 g/mol. The summed E-state index contributed by atoms with van der Waals surface area (Å²) in [5.41, 5.74) is 2.83. The van der Waals surface area contributed by atoms with Crippen molar-refractivity contribution in [3.8, 4) is 0 Å². The van der Waals surface area contributed by atoms with Gasteiger partial charge in [0.1, 0.15) is 0 Å². The maximum atomic E-state index is 6.07. The van der Waals surface area contributed by atoms with Gasteiger partial charge >= 0.3 is 0 Å². The van der Waals surface area contributed by atoms with Crippen LogP contribution in [0.1, 0.15) is 25.0 Å². The van der Waals surface area contributed by atoms with Gasteiger partial charge in [0.05, 0.1) is 28.5 Å². The molecular formula is C17H21N3O2. The summed E-state index contributed by atoms with van der Waals surface area (Å²) in [6.45, 7) is 3.16. The molecule has 2 fully saturated rings. The molecule has 2 aromatic rings. The number of aromatic nitrogens is 2. The molecule has 2 saturated heterocycles. The lowest BCUT2D eigenvalue weighted by Crippen LogP contribution is -2.50. The van der Waals surface area contributed by atoms with E-state index in [1.54, 1.807) is 0 Å². The van der Waals surface area contributed by atoms with E-state index in [4.69, 9.17) is 9.47 Å². The standard InChI is InChI=1S/C17H21N3O2/c1-2-4-15-14(3-1)18-11-13(20-15)12-19-16-5-8-22-17(16)6-9-21-10-7-17/h1-4,11,16,19H,5-10,12H2. The van der Waals surface area contributed by atoms with Crippen molar-refractivity contribution in [3.63, 3.8) is 0 Å². The van der Waals surface area contributed by atoms with E-state index >= 15 is 0 Å². The van der Waals surface area contributed by atoms with Crippen LogP contribution in [0.25, 0.3) is 11.0 Å². The highest BCUT2D eigenvalue weighted by Crippen LogP contribution is 2.35. The van der Waals surface area contributed by atoms with Gasteiger partial charge < -0.3 is 14.8 Å². The Morgan fingerprint density at radius 3 is 2.82 bits per heavy atom. The molecule has 22 heavy (non-hydrogen) atoms. The van der Waals surface area contributed by atoms with Crippen molar-refractivity contribution in [3.05, 3.63) is 36.2 Å². The topological polar surface area (TPSA) is 56.3 Å². The summed E-state index contributed by atoms with van der Waals surface area (Å²) in [5, 5.41) is 3.64. The van der Waals surface area contributed by atoms with Gasteiger partial charge in [-0.15, -0.1) is 0 Å². The van der Waals surface area contributed by atoms with Gasteiger partial charge in [0.25, 0.3) is 0 Å². The van der Waals surface area contributed by atoms with Gasteiger partial charge in [-0.3, -0.25) is 4.98 Å². The normalized spacial score (nSPS) is 24.1. The highest BCUT2D eigenvalue weighted by molar-refractivity contribution is 5.73. The van der Waals surface area contributed by atoms with Gasteiger partial charge in [0.2, 0.25) is 0 Å². The summed E-state index contributed by atoms with van der Waals surface area (Å²) in [6.07, 6.45) is 4.88. The number of hydrogen-bond acceptors (Lipinski definition) is 5. The van der Waals surface area contributed by atoms with E-state index in [-0.39, 0.29) is 5.60 Å². The third-order valence-corrected chi connectivity index (χ3v) is 4.80. The average Bonchev–Trinajstić information content (AvgIpc) is 2.95. The Bertz CT molecular complexity index is 655. The molecule has 1 spiro atoms. The van der Waals surface area contributed by atoms with Crippen molar-refractivity contribution in [2.45, 2.75) is 37.5 Å². The fourth-order valence-electron chi connectivity index (χ4n) is 3.55. The van der Waals surface area contributed by atoms with Gasteiger partial charge in [0, 0.05) is 45.2 Å². The summed E-state index contributed by atoms with van der Waals surface area (Å²) in [4.78, 5) is 9.16. The molecule has 1 unspecified atom stereocenters. The molecular weight excluding hydrogens is 278 g/mol. The summed E-state index contributed by atoms with van der Waals surface area (Å²) >= 11 is 0. The van der Waals surface area contributed by atoms with E-state index in [1.165, 1.54) is 0 Å². The number of rotatable bonds is 3. The molecule has 0 aliphatic carbocycles. The number of nitrogens with one attached hydrogen (secondary N) is 1. The van der Waals surface area contributed by atoms with Crippen LogP contribution in [0.2, 0.25) is 0 Å². The zero-order chi connectivity index (χ0) is 14.8. The van der Waals surface area contributed by atoms with Crippen molar-refractivity contribution in [1.82, 2.24) is 15.3 Å². The fraction of sp³-hybridized carbons (Fsp3) is 0.529. The van der Waals surface area contributed by atoms with Gasteiger partial charge in [-0.2, -0.15) is 0 Å². The van der Waals surface area contributed by atoms with Crippen LogP contribution in [-0.4, -0.2) is 41.4 Å². The molecule has 0 bridgehead atoms. The first-order valence-electron chi connectivity index (χ1n) is 8.02. The predicted octanol–water partition coefficient (Wildman–Crippen LogP) is 2.06. The summed E-state index contributed by atoms with van der Waals surface area (Å²) in [7, 11) is 0. The minimum absolute atomic E-state index is 0.0392. The second-order valence-corrected chi connectivity index (χ2v) is 6.10. The number of hydrogen-bond donors (Lipinski definition) is 1. The van der Waals surface area contributed by atoms with Crippen LogP contribution >= 0.6 is 0 Å². The number of benzene rings is 1. The van der Waals surface area contributed by atoms with E-state index in [2.05, 4.69) is 15.3 Å². The molecule has 1 N–H and O–H groups in total. The Kier molecular flexibility index (Phi) is 3.78. The Morgan fingerprint density at radius 2 is 1.95 bits per heavy atom. The maximum absolute atomic E-state index is 6.07. The summed E-state index contributed by atoms with van der Waals surface area (Å²) < 4.78 is 11.6. The molecule has 0 radical (unpaired) electrons. The van der Waals surface area contributed by atoms with Crippen molar-refractivity contribution in [2.24, 2.45) is 0 Å². The molecule has 1 atom stereocenters. The first-order chi connectivity index (χ1) is 10.9. The molecule has 3 heterocycles. The first kappa shape index (κ1) is 14.1. The third-order valence-electron chi connectivity index (χ3n) is 4.80. The Balaban J connectivity index is 1.46. The molecule has 2 aliphatic heterocycles. The van der Waals surface area contributed by atoms with E-state index in [1.807, 2.05) is 30.5 Å². The van der Waals surface area contributed by atoms with Gasteiger partial charge in [-0.05, 0) is 18.6 Å². The zero-order valence-corrected chi connectivity index (χ0v) is 12.6. The molecule has 1 aromatic heterocycles. The second kappa shape index (κ2) is 5.91. The van der Waals surface area contributed by atoms with Crippen LogP contribution in [0.5, 0.6) is 0 Å². The summed E-state index contributed by atoms with van der Waals surface area (Å²) in [6, 6.07) is 8.35. The van der Waals surface area contributed by atoms with Crippen LogP contribution in [0.3, 0.4) is 0 Å². The van der Waals surface area contributed by atoms with E-state index in [0.717, 1.165) is 62.4 Å². The number of fused-ring (bicyclic) bond motifs is 1. The lowest BCUT2D eigenvalue weighted by atomic mass is 9.86. The molecule has 5 nitrogen and oxygen atoms in total. The highest BCUT2D eigenvalue weighted by atomic mass is 16.5. The predicted molar refractivity (Wildman–Crippen MR) is 83.5 cm³/mol. The van der Waals surface area contributed by atoms with Gasteiger partial charge in [-0.1, -0.05) is 12.1 Å². The summed E-state index contributed by atoms with van der Waals surface area (Å²) in [5.74, 6) is 0. The molecule has 4 rings (SSSR count). The molecule has 116 valence electrons. The average molecular weight is 299 g/mol. The Morgan fingerprint density at radius 1 is 1.14 bits per heavy atom. The lowest BCUT2D eigenvalue weighted by Gasteiger charge is -2.38. The smallest absolute Gasteiger partial charge is 0.0890 e. The molecule has 0 saturated carbocycles. The van der Waals surface area contributed by atoms with Crippen molar-refractivity contribution >= 4 is 11.0 Å². The van der Waals surface area contributed by atoms with Crippen molar-refractivity contribution < 1.29 is 9.47 Å². The number of ether oxygens (including phenoxy) is 2. The quantitative estimate of drug-likeness (QED) is 0.940. The van der Waals surface area contributed by atoms with Crippen molar-refractivity contribution in [2.75, 3.05) is 19.8 Å². The minimum atomic E-state index is -0.0392. The minimum Gasteiger partial charge on any atom is -0.381 e. The third kappa shape index (κ3) is 2.60. The largest absolute Gasteiger partial charge is 0.381 e.